The number of likely N-dealkylation sites (N-methyl/N-ethyl adjacent to an activating group) is 1. The van der Waals surface area contributed by atoms with Gasteiger partial charge in [-0.3, -0.25) is 4.79 Å². The largest absolute Gasteiger partial charge is 0.375 e. The molecule has 5 aromatic rings. The van der Waals surface area contributed by atoms with Crippen molar-refractivity contribution in [1.82, 2.24) is 19.8 Å². The number of carbonyl (C=O) groups is 1. The number of amides is 1. The van der Waals surface area contributed by atoms with Crippen LogP contribution in [0.15, 0.2) is 48.5 Å². The Labute approximate surface area is 201 Å². The number of nitrogens with zero attached hydrogens (tertiary/aromatic N) is 2. The molecule has 7 heteroatoms. The van der Waals surface area contributed by atoms with E-state index in [4.69, 9.17) is 9.47 Å². The molecule has 3 aliphatic rings. The van der Waals surface area contributed by atoms with E-state index >= 15 is 0 Å². The van der Waals surface area contributed by atoms with Crippen LogP contribution in [-0.2, 0) is 21.7 Å². The summed E-state index contributed by atoms with van der Waals surface area (Å²) in [6, 6.07) is 17.0. The van der Waals surface area contributed by atoms with Crippen LogP contribution in [0.4, 0.5) is 0 Å². The smallest absolute Gasteiger partial charge is 0.252 e. The molecule has 1 amide bonds. The van der Waals surface area contributed by atoms with Crippen molar-refractivity contribution in [3.63, 3.8) is 0 Å². The first-order valence-corrected chi connectivity index (χ1v) is 12.3. The molecule has 1 fully saturated rings. The van der Waals surface area contributed by atoms with Gasteiger partial charge in [0.2, 0.25) is 0 Å². The first-order valence-electron chi connectivity index (χ1n) is 12.3. The fraction of sp³-hybridized carbons (Fsp3) is 0.321. The van der Waals surface area contributed by atoms with Gasteiger partial charge in [-0.05, 0) is 31.7 Å². The maximum Gasteiger partial charge on any atom is 0.252 e. The number of para-hydroxylation sites is 2. The van der Waals surface area contributed by atoms with Crippen LogP contribution in [0.25, 0.3) is 43.6 Å². The highest BCUT2D eigenvalue weighted by molar-refractivity contribution is 6.31. The Hall–Kier alpha value is -3.39. The molecular formula is C28H26N4O3. The molecule has 0 radical (unpaired) electrons. The summed E-state index contributed by atoms with van der Waals surface area (Å²) in [5.41, 5.74) is 5.51. The number of fused-ring (bicyclic) bond motifs is 13. The molecule has 7 nitrogen and oxygen atoms in total. The van der Waals surface area contributed by atoms with Crippen molar-refractivity contribution >= 4 is 49.5 Å². The van der Waals surface area contributed by atoms with Gasteiger partial charge in [0.25, 0.3) is 5.91 Å². The van der Waals surface area contributed by atoms with Crippen molar-refractivity contribution in [2.24, 2.45) is 0 Å². The van der Waals surface area contributed by atoms with Crippen LogP contribution in [0.2, 0.25) is 0 Å². The summed E-state index contributed by atoms with van der Waals surface area (Å²) in [4.78, 5) is 13.3. The third-order valence-corrected chi connectivity index (χ3v) is 8.60. The molecule has 5 heterocycles. The molecule has 1 saturated heterocycles. The molecule has 0 spiro atoms. The average molecular weight is 467 g/mol. The normalized spacial score (nSPS) is 27.3. The van der Waals surface area contributed by atoms with Crippen LogP contribution >= 0.6 is 0 Å². The third-order valence-electron chi connectivity index (χ3n) is 8.60. The van der Waals surface area contributed by atoms with Crippen LogP contribution in [0.5, 0.6) is 0 Å². The Bertz CT molecular complexity index is 1750. The minimum Gasteiger partial charge on any atom is -0.375 e. The van der Waals surface area contributed by atoms with Crippen molar-refractivity contribution in [1.29, 1.82) is 0 Å². The standard InChI is InChI=1S/C28H26N4O3/c1-28-26(34-3)17(29-2)12-20(35-28)31-18-10-6-4-8-14(18)22-23-16(13-30-27(23)33)21-15-9-5-7-11-19(15)32(28)25(21)24(22)31/h4-11,17,20,26,29H,12-13H2,1-3H3,(H,30,33)/t17-,20-,26-,28?/m1/s1. The molecule has 3 aromatic carbocycles. The van der Waals surface area contributed by atoms with E-state index in [-0.39, 0.29) is 24.3 Å². The lowest BCUT2D eigenvalue weighted by molar-refractivity contribution is -0.256. The van der Waals surface area contributed by atoms with Crippen molar-refractivity contribution in [3.05, 3.63) is 59.7 Å². The van der Waals surface area contributed by atoms with Gasteiger partial charge in [-0.2, -0.15) is 0 Å². The van der Waals surface area contributed by atoms with Gasteiger partial charge in [0.05, 0.1) is 27.6 Å². The van der Waals surface area contributed by atoms with E-state index < -0.39 is 5.72 Å². The van der Waals surface area contributed by atoms with E-state index in [1.54, 1.807) is 7.11 Å². The summed E-state index contributed by atoms with van der Waals surface area (Å²) in [7, 11) is 3.77. The molecule has 176 valence electrons. The molecule has 35 heavy (non-hydrogen) atoms. The van der Waals surface area contributed by atoms with E-state index in [1.165, 1.54) is 0 Å². The number of nitrogens with one attached hydrogen (secondary N) is 2. The van der Waals surface area contributed by atoms with Gasteiger partial charge in [-0.25, -0.2) is 0 Å². The lowest BCUT2D eigenvalue weighted by Crippen LogP contribution is -2.59. The molecule has 8 rings (SSSR count). The number of aromatic nitrogens is 2. The SMILES string of the molecule is CN[C@@H]1C[C@H]2OC(C)([C@@H]1OC)n1c3ccccc3c3c4c(c5c6ccccc6n2c5c31)C(=O)NC4. The molecule has 2 bridgehead atoms. The Balaban J connectivity index is 1.72. The van der Waals surface area contributed by atoms with Gasteiger partial charge >= 0.3 is 0 Å². The van der Waals surface area contributed by atoms with Crippen LogP contribution in [-0.4, -0.2) is 41.3 Å². The number of carbonyl (C=O) groups excluding carboxylic acids is 1. The van der Waals surface area contributed by atoms with Crippen molar-refractivity contribution in [3.8, 4) is 0 Å². The molecule has 0 aliphatic carbocycles. The van der Waals surface area contributed by atoms with Gasteiger partial charge in [-0.1, -0.05) is 36.4 Å². The quantitative estimate of drug-likeness (QED) is 0.406. The summed E-state index contributed by atoms with van der Waals surface area (Å²) in [6.45, 7) is 2.68. The Morgan fingerprint density at radius 3 is 2.51 bits per heavy atom. The molecule has 2 aromatic heterocycles. The summed E-state index contributed by atoms with van der Waals surface area (Å²) >= 11 is 0. The topological polar surface area (TPSA) is 69.5 Å². The Kier molecular flexibility index (Phi) is 3.65. The lowest BCUT2D eigenvalue weighted by Gasteiger charge is -2.48. The molecule has 3 aliphatic heterocycles. The summed E-state index contributed by atoms with van der Waals surface area (Å²) < 4.78 is 18.0. The zero-order valence-electron chi connectivity index (χ0n) is 19.9. The van der Waals surface area contributed by atoms with Crippen LogP contribution in [0.3, 0.4) is 0 Å². The van der Waals surface area contributed by atoms with Gasteiger partial charge in [0.1, 0.15) is 12.3 Å². The van der Waals surface area contributed by atoms with Crippen LogP contribution < -0.4 is 10.6 Å². The van der Waals surface area contributed by atoms with Crippen LogP contribution in [0.1, 0.15) is 35.5 Å². The fourth-order valence-corrected chi connectivity index (χ4v) is 7.33. The average Bonchev–Trinajstić information content (AvgIpc) is 3.51. The van der Waals surface area contributed by atoms with E-state index in [0.717, 1.165) is 61.2 Å². The minimum atomic E-state index is -0.760. The summed E-state index contributed by atoms with van der Waals surface area (Å²) in [5, 5.41) is 11.0. The first kappa shape index (κ1) is 19.9. The number of benzene rings is 3. The van der Waals surface area contributed by atoms with E-state index in [2.05, 4.69) is 75.2 Å². The molecule has 2 N–H and O–H groups in total. The van der Waals surface area contributed by atoms with Crippen molar-refractivity contribution in [2.45, 2.75) is 44.0 Å². The highest BCUT2D eigenvalue weighted by Gasteiger charge is 2.53. The zero-order valence-corrected chi connectivity index (χ0v) is 19.9. The molecular weight excluding hydrogens is 440 g/mol. The highest BCUT2D eigenvalue weighted by Crippen LogP contribution is 2.53. The van der Waals surface area contributed by atoms with E-state index in [1.807, 2.05) is 7.05 Å². The van der Waals surface area contributed by atoms with Crippen LogP contribution in [0, 0.1) is 0 Å². The molecule has 4 atom stereocenters. The lowest BCUT2D eigenvalue weighted by atomic mass is 9.93. The van der Waals surface area contributed by atoms with Gasteiger partial charge in [0.15, 0.2) is 5.72 Å². The van der Waals surface area contributed by atoms with Gasteiger partial charge in [-0.15, -0.1) is 0 Å². The number of hydrogen-bond donors (Lipinski definition) is 2. The maximum absolute atomic E-state index is 13.3. The van der Waals surface area contributed by atoms with E-state index in [0.29, 0.717) is 6.54 Å². The Morgan fingerprint density at radius 1 is 1.06 bits per heavy atom. The Morgan fingerprint density at radius 2 is 1.77 bits per heavy atom. The zero-order chi connectivity index (χ0) is 23.6. The second-order valence-electron chi connectivity index (χ2n) is 10.1. The van der Waals surface area contributed by atoms with Gasteiger partial charge < -0.3 is 29.2 Å². The predicted octanol–water partition coefficient (Wildman–Crippen LogP) is 4.35. The number of methoxy groups -OCH3 is 1. The maximum atomic E-state index is 13.3. The summed E-state index contributed by atoms with van der Waals surface area (Å²) in [5.74, 6) is 0.00357. The third kappa shape index (κ3) is 2.12. The first-order chi connectivity index (χ1) is 17.1. The number of ether oxygens (including phenoxy) is 2. The molecule has 1 unspecified atom stereocenters. The summed E-state index contributed by atoms with van der Waals surface area (Å²) in [6.07, 6.45) is 0.337. The van der Waals surface area contributed by atoms with Crippen molar-refractivity contribution in [2.75, 3.05) is 14.2 Å². The van der Waals surface area contributed by atoms with Gasteiger partial charge in [0, 0.05) is 47.7 Å². The predicted molar refractivity (Wildman–Crippen MR) is 136 cm³/mol. The number of rotatable bonds is 2. The second kappa shape index (κ2) is 6.43. The highest BCUT2D eigenvalue weighted by atomic mass is 16.6. The number of hydrogen-bond acceptors (Lipinski definition) is 4. The monoisotopic (exact) mass is 466 g/mol. The molecule has 0 saturated carbocycles. The van der Waals surface area contributed by atoms with E-state index in [9.17, 15) is 4.79 Å². The fourth-order valence-electron chi connectivity index (χ4n) is 7.33. The van der Waals surface area contributed by atoms with Crippen molar-refractivity contribution < 1.29 is 14.3 Å². The minimum absolute atomic E-state index is 0.00357. The second-order valence-corrected chi connectivity index (χ2v) is 10.1.